The number of nitrogens with zero attached hydrogens (tertiary/aromatic N) is 3. The van der Waals surface area contributed by atoms with Crippen LogP contribution in [0.15, 0.2) is 78.0 Å². The number of ether oxygens (including phenoxy) is 1. The van der Waals surface area contributed by atoms with Gasteiger partial charge < -0.3 is 15.4 Å². The summed E-state index contributed by atoms with van der Waals surface area (Å²) in [6, 6.07) is 21.6. The van der Waals surface area contributed by atoms with Crippen molar-refractivity contribution in [3.63, 3.8) is 0 Å². The lowest BCUT2D eigenvalue weighted by atomic mass is 10.2. The molecule has 0 fully saturated rings. The molecule has 0 bridgehead atoms. The van der Waals surface area contributed by atoms with Gasteiger partial charge in [-0.3, -0.25) is 14.2 Å². The lowest BCUT2D eigenvalue weighted by molar-refractivity contribution is -0.113. The summed E-state index contributed by atoms with van der Waals surface area (Å²) in [6.07, 6.45) is 0. The normalized spacial score (nSPS) is 10.6. The second kappa shape index (κ2) is 11.7. The Morgan fingerprint density at radius 1 is 1.00 bits per heavy atom. The summed E-state index contributed by atoms with van der Waals surface area (Å²) < 4.78 is 6.89. The van der Waals surface area contributed by atoms with Gasteiger partial charge >= 0.3 is 0 Å². The number of anilines is 1. The average molecular weight is 522 g/mol. The highest BCUT2D eigenvalue weighted by molar-refractivity contribution is 7.99. The molecule has 184 valence electrons. The lowest BCUT2D eigenvalue weighted by Gasteiger charge is -2.12. The standard InChI is InChI=1S/C26H24ClN5O3S/c1-17-7-11-19(12-8-17)29-24(33)16-36-26-31-30-23(32(26)22-6-4-3-5-21(22)27)15-28-25(34)18-9-13-20(35-2)14-10-18/h3-14H,15-16H2,1-2H3,(H,28,34)(H,29,33). The van der Waals surface area contributed by atoms with Crippen molar-refractivity contribution in [3.05, 3.63) is 94.8 Å². The molecule has 0 saturated heterocycles. The highest BCUT2D eigenvalue weighted by atomic mass is 35.5. The van der Waals surface area contributed by atoms with Crippen molar-refractivity contribution in [2.75, 3.05) is 18.2 Å². The van der Waals surface area contributed by atoms with Gasteiger partial charge in [-0.15, -0.1) is 10.2 Å². The minimum Gasteiger partial charge on any atom is -0.497 e. The van der Waals surface area contributed by atoms with E-state index in [-0.39, 0.29) is 24.1 Å². The van der Waals surface area contributed by atoms with Gasteiger partial charge in [-0.2, -0.15) is 0 Å². The van der Waals surface area contributed by atoms with Crippen molar-refractivity contribution in [3.8, 4) is 11.4 Å². The lowest BCUT2D eigenvalue weighted by Crippen LogP contribution is -2.24. The van der Waals surface area contributed by atoms with Crippen molar-refractivity contribution in [1.29, 1.82) is 0 Å². The molecule has 4 rings (SSSR count). The molecule has 0 aliphatic rings. The Balaban J connectivity index is 1.49. The Labute approximate surface area is 218 Å². The molecule has 0 saturated carbocycles. The number of methoxy groups -OCH3 is 1. The second-order valence-electron chi connectivity index (χ2n) is 7.80. The van der Waals surface area contributed by atoms with E-state index in [2.05, 4.69) is 20.8 Å². The van der Waals surface area contributed by atoms with Crippen molar-refractivity contribution < 1.29 is 14.3 Å². The van der Waals surface area contributed by atoms with Gasteiger partial charge in [0.2, 0.25) is 5.91 Å². The third kappa shape index (κ3) is 6.24. The number of nitrogens with one attached hydrogen (secondary N) is 2. The van der Waals surface area contributed by atoms with Crippen LogP contribution in [0.4, 0.5) is 5.69 Å². The van der Waals surface area contributed by atoms with E-state index in [1.807, 2.05) is 49.4 Å². The molecule has 1 heterocycles. The summed E-state index contributed by atoms with van der Waals surface area (Å²) in [5, 5.41) is 15.2. The first-order valence-electron chi connectivity index (χ1n) is 11.1. The van der Waals surface area contributed by atoms with Crippen LogP contribution < -0.4 is 15.4 Å². The Morgan fingerprint density at radius 2 is 1.72 bits per heavy atom. The zero-order chi connectivity index (χ0) is 25.5. The molecule has 1 aromatic heterocycles. The van der Waals surface area contributed by atoms with E-state index in [9.17, 15) is 9.59 Å². The molecular weight excluding hydrogens is 498 g/mol. The van der Waals surface area contributed by atoms with Crippen molar-refractivity contribution in [2.45, 2.75) is 18.6 Å². The van der Waals surface area contributed by atoms with Gasteiger partial charge in [-0.05, 0) is 55.5 Å². The maximum absolute atomic E-state index is 12.7. The van der Waals surface area contributed by atoms with Crippen LogP contribution in [0.3, 0.4) is 0 Å². The molecule has 3 aromatic carbocycles. The SMILES string of the molecule is COc1ccc(C(=O)NCc2nnc(SCC(=O)Nc3ccc(C)cc3)n2-c2ccccc2Cl)cc1. The van der Waals surface area contributed by atoms with Gasteiger partial charge in [-0.25, -0.2) is 0 Å². The molecule has 4 aromatic rings. The largest absolute Gasteiger partial charge is 0.497 e. The van der Waals surface area contributed by atoms with Crippen LogP contribution in [0, 0.1) is 6.92 Å². The molecule has 8 nitrogen and oxygen atoms in total. The quantitative estimate of drug-likeness (QED) is 0.304. The Bertz CT molecular complexity index is 1360. The average Bonchev–Trinajstić information content (AvgIpc) is 3.30. The van der Waals surface area contributed by atoms with Gasteiger partial charge in [0, 0.05) is 11.3 Å². The fourth-order valence-corrected chi connectivity index (χ4v) is 4.34. The fourth-order valence-electron chi connectivity index (χ4n) is 3.35. The summed E-state index contributed by atoms with van der Waals surface area (Å²) in [5.41, 5.74) is 2.98. The number of aryl methyl sites for hydroxylation is 1. The molecule has 2 N–H and O–H groups in total. The summed E-state index contributed by atoms with van der Waals surface area (Å²) >= 11 is 7.69. The maximum Gasteiger partial charge on any atom is 0.251 e. The topological polar surface area (TPSA) is 98.1 Å². The zero-order valence-corrected chi connectivity index (χ0v) is 21.3. The molecule has 0 aliphatic heterocycles. The zero-order valence-electron chi connectivity index (χ0n) is 19.7. The minimum atomic E-state index is -0.266. The van der Waals surface area contributed by atoms with E-state index >= 15 is 0 Å². The van der Waals surface area contributed by atoms with Crippen molar-refractivity contribution >= 4 is 40.9 Å². The molecular formula is C26H24ClN5O3S. The number of hydrogen-bond acceptors (Lipinski definition) is 6. The molecule has 2 amide bonds. The first-order chi connectivity index (χ1) is 17.4. The third-order valence-corrected chi connectivity index (χ3v) is 6.47. The highest BCUT2D eigenvalue weighted by Gasteiger charge is 2.18. The van der Waals surface area contributed by atoms with Crippen LogP contribution in [0.2, 0.25) is 5.02 Å². The van der Waals surface area contributed by atoms with Gasteiger partial charge in [0.05, 0.1) is 30.1 Å². The highest BCUT2D eigenvalue weighted by Crippen LogP contribution is 2.27. The smallest absolute Gasteiger partial charge is 0.251 e. The minimum absolute atomic E-state index is 0.110. The number of amides is 2. The number of benzene rings is 3. The number of para-hydroxylation sites is 1. The molecule has 0 atom stereocenters. The summed E-state index contributed by atoms with van der Waals surface area (Å²) in [6.45, 7) is 2.10. The summed E-state index contributed by atoms with van der Waals surface area (Å²) in [7, 11) is 1.57. The van der Waals surface area contributed by atoms with E-state index in [0.717, 1.165) is 11.3 Å². The fraction of sp³-hybridized carbons (Fsp3) is 0.154. The van der Waals surface area contributed by atoms with Crippen LogP contribution >= 0.6 is 23.4 Å². The number of hydrogen-bond donors (Lipinski definition) is 2. The molecule has 0 spiro atoms. The Kier molecular flexibility index (Phi) is 8.24. The van der Waals surface area contributed by atoms with Gasteiger partial charge in [0.1, 0.15) is 5.75 Å². The number of thioether (sulfide) groups is 1. The first kappa shape index (κ1) is 25.3. The maximum atomic E-state index is 12.7. The van der Waals surface area contributed by atoms with Gasteiger partial charge in [0.15, 0.2) is 11.0 Å². The number of carbonyl (C=O) groups excluding carboxylic acids is 2. The Hall–Kier alpha value is -3.82. The summed E-state index contributed by atoms with van der Waals surface area (Å²) in [4.78, 5) is 25.2. The molecule has 0 unspecified atom stereocenters. The van der Waals surface area contributed by atoms with Crippen molar-refractivity contribution in [2.24, 2.45) is 0 Å². The molecule has 10 heteroatoms. The predicted molar refractivity (Wildman–Crippen MR) is 141 cm³/mol. The number of rotatable bonds is 9. The number of carbonyl (C=O) groups is 2. The van der Waals surface area contributed by atoms with Crippen LogP contribution in [0.25, 0.3) is 5.69 Å². The van der Waals surface area contributed by atoms with Crippen LogP contribution in [-0.2, 0) is 11.3 Å². The molecule has 36 heavy (non-hydrogen) atoms. The monoisotopic (exact) mass is 521 g/mol. The molecule has 0 aliphatic carbocycles. The Morgan fingerprint density at radius 3 is 2.42 bits per heavy atom. The number of halogens is 1. The van der Waals surface area contributed by atoms with Crippen LogP contribution in [0.1, 0.15) is 21.7 Å². The first-order valence-corrected chi connectivity index (χ1v) is 12.4. The molecule has 0 radical (unpaired) electrons. The van der Waals surface area contributed by atoms with E-state index in [0.29, 0.717) is 33.0 Å². The van der Waals surface area contributed by atoms with E-state index in [4.69, 9.17) is 16.3 Å². The van der Waals surface area contributed by atoms with Gasteiger partial charge in [-0.1, -0.05) is 53.2 Å². The van der Waals surface area contributed by atoms with Crippen LogP contribution in [-0.4, -0.2) is 39.4 Å². The van der Waals surface area contributed by atoms with Gasteiger partial charge in [0.25, 0.3) is 5.91 Å². The van der Waals surface area contributed by atoms with E-state index < -0.39 is 0 Å². The van der Waals surface area contributed by atoms with E-state index in [1.165, 1.54) is 11.8 Å². The predicted octanol–water partition coefficient (Wildman–Crippen LogP) is 4.90. The van der Waals surface area contributed by atoms with Crippen LogP contribution in [0.5, 0.6) is 5.75 Å². The second-order valence-corrected chi connectivity index (χ2v) is 9.15. The van der Waals surface area contributed by atoms with Crippen molar-refractivity contribution in [1.82, 2.24) is 20.1 Å². The third-order valence-electron chi connectivity index (χ3n) is 5.22. The number of aromatic nitrogens is 3. The summed E-state index contributed by atoms with van der Waals surface area (Å²) in [5.74, 6) is 0.823. The van der Waals surface area contributed by atoms with E-state index in [1.54, 1.807) is 42.0 Å².